The summed E-state index contributed by atoms with van der Waals surface area (Å²) in [5.41, 5.74) is 6.02. The fourth-order valence-corrected chi connectivity index (χ4v) is 3.01. The third-order valence-electron chi connectivity index (χ3n) is 2.78. The molecule has 1 aromatic rings. The van der Waals surface area contributed by atoms with Gasteiger partial charge in [0.05, 0.1) is 0 Å². The van der Waals surface area contributed by atoms with Crippen LogP contribution in [-0.2, 0) is 10.0 Å². The highest BCUT2D eigenvalue weighted by atomic mass is 32.2. The summed E-state index contributed by atoms with van der Waals surface area (Å²) in [5, 5.41) is 0. The molecule has 4 nitrogen and oxygen atoms in total. The Balaban J connectivity index is 2.83. The number of sulfonamides is 1. The fraction of sp³-hybridized carbons (Fsp3) is 0.538. The lowest BCUT2D eigenvalue weighted by atomic mass is 10.1. The predicted molar refractivity (Wildman–Crippen MR) is 74.8 cm³/mol. The van der Waals surface area contributed by atoms with Crippen molar-refractivity contribution in [2.75, 3.05) is 12.3 Å². The van der Waals surface area contributed by atoms with Crippen molar-refractivity contribution in [1.29, 1.82) is 0 Å². The van der Waals surface area contributed by atoms with Gasteiger partial charge in [-0.05, 0) is 43.4 Å². The molecule has 1 rings (SSSR count). The summed E-state index contributed by atoms with van der Waals surface area (Å²) in [4.78, 5) is -0.380. The molecule has 0 saturated carbocycles. The Kier molecular flexibility index (Phi) is 5.31. The first-order valence-electron chi connectivity index (χ1n) is 6.29. The van der Waals surface area contributed by atoms with Gasteiger partial charge in [-0.1, -0.05) is 13.8 Å². The van der Waals surface area contributed by atoms with Crippen LogP contribution in [0.2, 0.25) is 0 Å². The molecule has 0 spiro atoms. The molecule has 0 amide bonds. The summed E-state index contributed by atoms with van der Waals surface area (Å²) in [6.07, 6.45) is 1.64. The molecule has 0 saturated heterocycles. The van der Waals surface area contributed by atoms with E-state index in [9.17, 15) is 12.8 Å². The molecule has 6 heteroatoms. The maximum atomic E-state index is 13.8. The van der Waals surface area contributed by atoms with Crippen LogP contribution in [0.4, 0.5) is 10.1 Å². The van der Waals surface area contributed by atoms with E-state index in [0.717, 1.165) is 18.9 Å². The molecule has 0 aliphatic heterocycles. The van der Waals surface area contributed by atoms with Gasteiger partial charge in [0.1, 0.15) is 10.7 Å². The maximum Gasteiger partial charge on any atom is 0.243 e. The summed E-state index contributed by atoms with van der Waals surface area (Å²) in [7, 11) is -3.84. The Morgan fingerprint density at radius 3 is 2.58 bits per heavy atom. The second kappa shape index (κ2) is 6.34. The summed E-state index contributed by atoms with van der Waals surface area (Å²) >= 11 is 0. The van der Waals surface area contributed by atoms with Crippen molar-refractivity contribution in [3.8, 4) is 0 Å². The van der Waals surface area contributed by atoms with E-state index in [1.807, 2.05) is 0 Å². The van der Waals surface area contributed by atoms with Crippen molar-refractivity contribution < 1.29 is 12.8 Å². The molecular weight excluding hydrogens is 267 g/mol. The zero-order valence-electron chi connectivity index (χ0n) is 11.5. The molecule has 3 N–H and O–H groups in total. The minimum absolute atomic E-state index is 0.225. The lowest BCUT2D eigenvalue weighted by molar-refractivity contribution is 0.532. The number of benzene rings is 1. The van der Waals surface area contributed by atoms with Gasteiger partial charge < -0.3 is 5.73 Å². The van der Waals surface area contributed by atoms with Gasteiger partial charge >= 0.3 is 0 Å². The first-order valence-corrected chi connectivity index (χ1v) is 7.77. The van der Waals surface area contributed by atoms with Crippen LogP contribution >= 0.6 is 0 Å². The number of halogens is 1. The summed E-state index contributed by atoms with van der Waals surface area (Å²) < 4.78 is 40.2. The zero-order chi connectivity index (χ0) is 14.6. The van der Waals surface area contributed by atoms with E-state index in [4.69, 9.17) is 5.73 Å². The fourth-order valence-electron chi connectivity index (χ4n) is 1.75. The first kappa shape index (κ1) is 15.9. The van der Waals surface area contributed by atoms with E-state index in [2.05, 4.69) is 18.6 Å². The minimum Gasteiger partial charge on any atom is -0.399 e. The van der Waals surface area contributed by atoms with E-state index < -0.39 is 15.8 Å². The van der Waals surface area contributed by atoms with E-state index in [-0.39, 0.29) is 16.1 Å². The average molecular weight is 288 g/mol. The average Bonchev–Trinajstić information content (AvgIpc) is 2.29. The summed E-state index contributed by atoms with van der Waals surface area (Å²) in [6, 6.07) is 2.56. The van der Waals surface area contributed by atoms with Crippen molar-refractivity contribution in [3.05, 3.63) is 23.5 Å². The van der Waals surface area contributed by atoms with Crippen LogP contribution in [-0.4, -0.2) is 15.0 Å². The first-order chi connectivity index (χ1) is 8.74. The maximum absolute atomic E-state index is 13.8. The third-order valence-corrected chi connectivity index (χ3v) is 4.24. The molecule has 0 atom stereocenters. The van der Waals surface area contributed by atoms with Gasteiger partial charge in [-0.25, -0.2) is 17.5 Å². The van der Waals surface area contributed by atoms with Crippen LogP contribution in [0.25, 0.3) is 0 Å². The Labute approximate surface area is 114 Å². The standard InChI is InChI=1S/C13H21FN2O2S/c1-9(2)5-4-6-16-19(17,18)12-8-11(15)7-10(3)13(12)14/h7-9,16H,4-6,15H2,1-3H3. The molecule has 0 radical (unpaired) electrons. The molecular formula is C13H21FN2O2S. The topological polar surface area (TPSA) is 72.2 Å². The molecule has 0 aliphatic rings. The number of hydrogen-bond acceptors (Lipinski definition) is 3. The van der Waals surface area contributed by atoms with Gasteiger partial charge in [0.15, 0.2) is 0 Å². The SMILES string of the molecule is Cc1cc(N)cc(S(=O)(=O)NCCCC(C)C)c1F. The Morgan fingerprint density at radius 1 is 1.37 bits per heavy atom. The number of nitrogen functional groups attached to an aromatic ring is 1. The van der Waals surface area contributed by atoms with Crippen LogP contribution in [0.3, 0.4) is 0 Å². The molecule has 0 aliphatic carbocycles. The highest BCUT2D eigenvalue weighted by Gasteiger charge is 2.20. The smallest absolute Gasteiger partial charge is 0.243 e. The van der Waals surface area contributed by atoms with Crippen molar-refractivity contribution in [3.63, 3.8) is 0 Å². The van der Waals surface area contributed by atoms with Gasteiger partial charge in [0.2, 0.25) is 10.0 Å². The van der Waals surface area contributed by atoms with Crippen molar-refractivity contribution in [1.82, 2.24) is 4.72 Å². The number of aryl methyl sites for hydroxylation is 1. The number of hydrogen-bond donors (Lipinski definition) is 2. The molecule has 0 bridgehead atoms. The number of nitrogens with two attached hydrogens (primary N) is 1. The van der Waals surface area contributed by atoms with Gasteiger partial charge in [-0.2, -0.15) is 0 Å². The van der Waals surface area contributed by atoms with Crippen LogP contribution in [0.5, 0.6) is 0 Å². The molecule has 0 unspecified atom stereocenters. The lowest BCUT2D eigenvalue weighted by Gasteiger charge is -2.10. The molecule has 1 aromatic carbocycles. The third kappa shape index (κ3) is 4.47. The van der Waals surface area contributed by atoms with Gasteiger partial charge in [-0.3, -0.25) is 0 Å². The molecule has 108 valence electrons. The zero-order valence-corrected chi connectivity index (χ0v) is 12.3. The highest BCUT2D eigenvalue weighted by Crippen LogP contribution is 2.21. The predicted octanol–water partition coefficient (Wildman–Crippen LogP) is 2.43. The number of rotatable bonds is 6. The Hall–Kier alpha value is -1.14. The normalized spacial score (nSPS) is 12.1. The van der Waals surface area contributed by atoms with E-state index in [1.165, 1.54) is 13.0 Å². The van der Waals surface area contributed by atoms with Crippen molar-refractivity contribution in [2.45, 2.75) is 38.5 Å². The van der Waals surface area contributed by atoms with Crippen LogP contribution in [0.1, 0.15) is 32.3 Å². The largest absolute Gasteiger partial charge is 0.399 e. The van der Waals surface area contributed by atoms with Crippen LogP contribution in [0, 0.1) is 18.7 Å². The number of anilines is 1. The van der Waals surface area contributed by atoms with Gasteiger partial charge in [-0.15, -0.1) is 0 Å². The summed E-state index contributed by atoms with van der Waals surface area (Å²) in [5.74, 6) is -0.235. The minimum atomic E-state index is -3.84. The Bertz CT molecular complexity index is 542. The number of nitrogens with one attached hydrogen (secondary N) is 1. The second-order valence-electron chi connectivity index (χ2n) is 5.08. The molecule has 0 heterocycles. The van der Waals surface area contributed by atoms with Crippen molar-refractivity contribution in [2.24, 2.45) is 5.92 Å². The van der Waals surface area contributed by atoms with Crippen molar-refractivity contribution >= 4 is 15.7 Å². The van der Waals surface area contributed by atoms with E-state index >= 15 is 0 Å². The monoisotopic (exact) mass is 288 g/mol. The van der Waals surface area contributed by atoms with E-state index in [1.54, 1.807) is 0 Å². The molecule has 19 heavy (non-hydrogen) atoms. The van der Waals surface area contributed by atoms with Crippen LogP contribution in [0.15, 0.2) is 17.0 Å². The van der Waals surface area contributed by atoms with E-state index in [0.29, 0.717) is 12.5 Å². The molecule has 0 fully saturated rings. The molecule has 0 aromatic heterocycles. The quantitative estimate of drug-likeness (QED) is 0.624. The van der Waals surface area contributed by atoms with Gasteiger partial charge in [0, 0.05) is 12.2 Å². The second-order valence-corrected chi connectivity index (χ2v) is 6.82. The highest BCUT2D eigenvalue weighted by molar-refractivity contribution is 7.89. The summed E-state index contributed by atoms with van der Waals surface area (Å²) in [6.45, 7) is 5.92. The Morgan fingerprint density at radius 2 is 2.00 bits per heavy atom. The van der Waals surface area contributed by atoms with Crippen LogP contribution < -0.4 is 10.5 Å². The van der Waals surface area contributed by atoms with Gasteiger partial charge in [0.25, 0.3) is 0 Å². The lowest BCUT2D eigenvalue weighted by Crippen LogP contribution is -2.26.